The van der Waals surface area contributed by atoms with Gasteiger partial charge in [-0.2, -0.15) is 0 Å². The summed E-state index contributed by atoms with van der Waals surface area (Å²) in [6.07, 6.45) is 4.14. The third kappa shape index (κ3) is 5.18. The van der Waals surface area contributed by atoms with Gasteiger partial charge in [-0.1, -0.05) is 150 Å². The molecule has 1 aliphatic rings. The van der Waals surface area contributed by atoms with E-state index in [9.17, 15) is 0 Å². The Hall–Kier alpha value is -4.36. The molecule has 0 radical (unpaired) electrons. The lowest BCUT2D eigenvalue weighted by Gasteiger charge is -2.19. The Morgan fingerprint density at radius 1 is 0.641 bits per heavy atom. The summed E-state index contributed by atoms with van der Waals surface area (Å²) in [5, 5.41) is 2.32. The summed E-state index contributed by atoms with van der Waals surface area (Å²) in [4.78, 5) is 0. The highest BCUT2D eigenvalue weighted by Crippen LogP contribution is 2.32. The zero-order chi connectivity index (χ0) is 27.4. The molecule has 190 valence electrons. The number of rotatable bonds is 3. The molecule has 0 saturated heterocycles. The molecule has 1 heteroatoms. The SMILES string of the molecule is C=c1cccc/c1=C(C)/C=C\C.Cc1ccccc1-c1c(C)ccc2c1B(c1ccccc1)c1ccccc1-2. The molecule has 0 amide bonds. The fourth-order valence-electron chi connectivity index (χ4n) is 5.86. The first-order valence-electron chi connectivity index (χ1n) is 13.7. The van der Waals surface area contributed by atoms with Gasteiger partial charge in [0.25, 0.3) is 0 Å². The van der Waals surface area contributed by atoms with Crippen LogP contribution in [0.2, 0.25) is 0 Å². The van der Waals surface area contributed by atoms with Crippen molar-refractivity contribution in [3.63, 3.8) is 0 Å². The lowest BCUT2D eigenvalue weighted by Crippen LogP contribution is -2.49. The average Bonchev–Trinajstić information content (AvgIpc) is 3.29. The van der Waals surface area contributed by atoms with Crippen LogP contribution in [0.1, 0.15) is 25.0 Å². The first-order valence-corrected chi connectivity index (χ1v) is 13.7. The molecule has 0 aliphatic carbocycles. The fraction of sp³-hybridized carbons (Fsp3) is 0.105. The van der Waals surface area contributed by atoms with Gasteiger partial charge in [0.15, 0.2) is 0 Å². The van der Waals surface area contributed by atoms with Gasteiger partial charge in [-0.15, -0.1) is 0 Å². The molecular formula is C38H35B. The van der Waals surface area contributed by atoms with E-state index in [4.69, 9.17) is 0 Å². The quantitative estimate of drug-likeness (QED) is 0.249. The van der Waals surface area contributed by atoms with E-state index in [1.165, 1.54) is 60.6 Å². The molecule has 0 saturated carbocycles. The molecule has 39 heavy (non-hydrogen) atoms. The summed E-state index contributed by atoms with van der Waals surface area (Å²) in [7, 11) is 0. The van der Waals surface area contributed by atoms with Gasteiger partial charge >= 0.3 is 0 Å². The molecule has 0 fully saturated rings. The summed E-state index contributed by atoms with van der Waals surface area (Å²) in [6, 6.07) is 41.4. The minimum atomic E-state index is 0.284. The van der Waals surface area contributed by atoms with Crippen LogP contribution in [0.3, 0.4) is 0 Å². The molecule has 1 aliphatic heterocycles. The van der Waals surface area contributed by atoms with E-state index in [1.807, 2.05) is 31.2 Å². The summed E-state index contributed by atoms with van der Waals surface area (Å²) in [5.74, 6) is 0. The van der Waals surface area contributed by atoms with E-state index in [2.05, 4.69) is 130 Å². The van der Waals surface area contributed by atoms with Gasteiger partial charge in [-0.3, -0.25) is 0 Å². The Balaban J connectivity index is 0.000000217. The second kappa shape index (κ2) is 11.6. The maximum Gasteiger partial charge on any atom is 0.243 e. The van der Waals surface area contributed by atoms with Crippen molar-refractivity contribution in [3.05, 3.63) is 149 Å². The lowest BCUT2D eigenvalue weighted by molar-refractivity contribution is 1.42. The second-order valence-corrected chi connectivity index (χ2v) is 10.3. The van der Waals surface area contributed by atoms with Crippen molar-refractivity contribution < 1.29 is 0 Å². The number of fused-ring (bicyclic) bond motifs is 3. The Labute approximate surface area is 233 Å². The van der Waals surface area contributed by atoms with Crippen molar-refractivity contribution in [2.24, 2.45) is 0 Å². The highest BCUT2D eigenvalue weighted by Gasteiger charge is 2.35. The molecule has 5 aromatic carbocycles. The average molecular weight is 503 g/mol. The normalized spacial score (nSPS) is 12.5. The van der Waals surface area contributed by atoms with Crippen LogP contribution >= 0.6 is 0 Å². The van der Waals surface area contributed by atoms with E-state index < -0.39 is 0 Å². The van der Waals surface area contributed by atoms with Gasteiger partial charge in [0, 0.05) is 0 Å². The zero-order valence-corrected chi connectivity index (χ0v) is 23.4. The van der Waals surface area contributed by atoms with Crippen LogP contribution in [0.25, 0.3) is 34.4 Å². The van der Waals surface area contributed by atoms with Crippen LogP contribution in [0.4, 0.5) is 0 Å². The number of hydrogen-bond acceptors (Lipinski definition) is 0. The van der Waals surface area contributed by atoms with Gasteiger partial charge in [-0.25, -0.2) is 0 Å². The standard InChI is InChI=1S/C26H21B.C12H14/c1-18-10-6-7-13-21(18)25-19(2)16-17-23-22-14-8-9-15-24(22)27(26(23)25)20-11-4-3-5-12-20;1-4-7-10(2)12-9-6-5-8-11(12)3/h3-17H,1-2H3;4-9H,3H2,1-2H3/b;7-4-,12-10-. The fourth-order valence-corrected chi connectivity index (χ4v) is 5.86. The highest BCUT2D eigenvalue weighted by molar-refractivity contribution is 6.99. The number of hydrogen-bond donors (Lipinski definition) is 0. The molecule has 6 rings (SSSR count). The molecule has 1 heterocycles. The van der Waals surface area contributed by atoms with E-state index in [-0.39, 0.29) is 6.71 Å². The number of aryl methyl sites for hydroxylation is 2. The van der Waals surface area contributed by atoms with Crippen molar-refractivity contribution >= 4 is 35.3 Å². The third-order valence-corrected chi connectivity index (χ3v) is 7.71. The smallest absolute Gasteiger partial charge is 0.0912 e. The summed E-state index contributed by atoms with van der Waals surface area (Å²) in [6.45, 7) is 12.8. The van der Waals surface area contributed by atoms with Crippen molar-refractivity contribution in [1.82, 2.24) is 0 Å². The van der Waals surface area contributed by atoms with Gasteiger partial charge in [0.2, 0.25) is 6.71 Å². The molecule has 0 aromatic heterocycles. The third-order valence-electron chi connectivity index (χ3n) is 7.71. The van der Waals surface area contributed by atoms with Crippen LogP contribution in [-0.2, 0) is 0 Å². The van der Waals surface area contributed by atoms with E-state index in [0.717, 1.165) is 5.22 Å². The first kappa shape index (κ1) is 26.3. The minimum absolute atomic E-state index is 0.284. The van der Waals surface area contributed by atoms with Gasteiger partial charge < -0.3 is 0 Å². The molecule has 0 bridgehead atoms. The van der Waals surface area contributed by atoms with E-state index in [0.29, 0.717) is 0 Å². The first-order chi connectivity index (χ1) is 19.0. The van der Waals surface area contributed by atoms with Crippen molar-refractivity contribution in [2.45, 2.75) is 27.7 Å². The summed E-state index contributed by atoms with van der Waals surface area (Å²) in [5.41, 5.74) is 13.7. The monoisotopic (exact) mass is 502 g/mol. The van der Waals surface area contributed by atoms with Crippen molar-refractivity contribution in [3.8, 4) is 22.3 Å². The molecule has 0 atom stereocenters. The van der Waals surface area contributed by atoms with Crippen LogP contribution in [-0.4, -0.2) is 6.71 Å². The minimum Gasteiger partial charge on any atom is -0.0912 e. The van der Waals surface area contributed by atoms with Gasteiger partial charge in [0.05, 0.1) is 0 Å². The maximum absolute atomic E-state index is 3.97. The molecule has 0 N–H and O–H groups in total. The van der Waals surface area contributed by atoms with Crippen LogP contribution in [0.5, 0.6) is 0 Å². The topological polar surface area (TPSA) is 0 Å². The van der Waals surface area contributed by atoms with Crippen molar-refractivity contribution in [2.75, 3.05) is 0 Å². The van der Waals surface area contributed by atoms with Crippen LogP contribution in [0.15, 0.2) is 127 Å². The summed E-state index contributed by atoms with van der Waals surface area (Å²) < 4.78 is 0. The second-order valence-electron chi connectivity index (χ2n) is 10.3. The molecule has 0 nitrogen and oxygen atoms in total. The molecule has 0 spiro atoms. The van der Waals surface area contributed by atoms with Crippen LogP contribution < -0.4 is 26.8 Å². The predicted molar refractivity (Wildman–Crippen MR) is 173 cm³/mol. The predicted octanol–water partition coefficient (Wildman–Crippen LogP) is 6.31. The van der Waals surface area contributed by atoms with Crippen molar-refractivity contribution in [1.29, 1.82) is 0 Å². The highest BCUT2D eigenvalue weighted by atomic mass is 14.2. The molecular weight excluding hydrogens is 467 g/mol. The summed E-state index contributed by atoms with van der Waals surface area (Å²) >= 11 is 0. The molecule has 0 unspecified atom stereocenters. The Morgan fingerprint density at radius 3 is 2.00 bits per heavy atom. The van der Waals surface area contributed by atoms with Gasteiger partial charge in [-0.05, 0) is 77.1 Å². The Kier molecular flexibility index (Phi) is 7.80. The number of benzene rings is 5. The maximum atomic E-state index is 3.97. The van der Waals surface area contributed by atoms with Gasteiger partial charge in [0.1, 0.15) is 0 Å². The largest absolute Gasteiger partial charge is 0.243 e. The number of allylic oxidation sites excluding steroid dienone is 2. The molecule has 5 aromatic rings. The zero-order valence-electron chi connectivity index (χ0n) is 23.4. The lowest BCUT2D eigenvalue weighted by atomic mass is 9.38. The Morgan fingerprint density at radius 2 is 1.28 bits per heavy atom. The Bertz CT molecular complexity index is 1760. The van der Waals surface area contributed by atoms with E-state index >= 15 is 0 Å². The van der Waals surface area contributed by atoms with Crippen LogP contribution in [0, 0.1) is 13.8 Å². The van der Waals surface area contributed by atoms with E-state index in [1.54, 1.807) is 0 Å².